The van der Waals surface area contributed by atoms with Crippen molar-refractivity contribution in [1.82, 2.24) is 10.2 Å². The SMILES string of the molecule is CCCC(CNC(C)C)N(C)Cc1cccc(OC)c1. The third-order valence-electron chi connectivity index (χ3n) is 3.57. The van der Waals surface area contributed by atoms with E-state index in [1.807, 2.05) is 6.07 Å². The molecule has 0 saturated heterocycles. The van der Waals surface area contributed by atoms with E-state index in [0.29, 0.717) is 12.1 Å². The van der Waals surface area contributed by atoms with Gasteiger partial charge in [0.25, 0.3) is 0 Å². The minimum Gasteiger partial charge on any atom is -0.497 e. The van der Waals surface area contributed by atoms with Crippen LogP contribution in [0.5, 0.6) is 5.75 Å². The van der Waals surface area contributed by atoms with Crippen LogP contribution in [-0.4, -0.2) is 37.7 Å². The molecule has 0 fully saturated rings. The molecule has 0 aliphatic heterocycles. The first-order valence-electron chi connectivity index (χ1n) is 7.63. The van der Waals surface area contributed by atoms with E-state index in [2.05, 4.69) is 56.2 Å². The fourth-order valence-electron chi connectivity index (χ4n) is 2.37. The van der Waals surface area contributed by atoms with Gasteiger partial charge in [-0.15, -0.1) is 0 Å². The normalized spacial score (nSPS) is 12.9. The van der Waals surface area contributed by atoms with E-state index in [9.17, 15) is 0 Å². The lowest BCUT2D eigenvalue weighted by molar-refractivity contribution is 0.211. The molecule has 1 atom stereocenters. The number of likely N-dealkylation sites (N-methyl/N-ethyl adjacent to an activating group) is 1. The summed E-state index contributed by atoms with van der Waals surface area (Å²) in [6.45, 7) is 8.66. The van der Waals surface area contributed by atoms with Crippen LogP contribution in [0, 0.1) is 0 Å². The van der Waals surface area contributed by atoms with Gasteiger partial charge in [-0.25, -0.2) is 0 Å². The van der Waals surface area contributed by atoms with Crippen LogP contribution in [0.1, 0.15) is 39.2 Å². The second kappa shape index (κ2) is 8.98. The van der Waals surface area contributed by atoms with Crippen molar-refractivity contribution in [2.45, 2.75) is 52.2 Å². The van der Waals surface area contributed by atoms with Crippen molar-refractivity contribution >= 4 is 0 Å². The quantitative estimate of drug-likeness (QED) is 0.750. The van der Waals surface area contributed by atoms with Gasteiger partial charge in [-0.05, 0) is 31.2 Å². The second-order valence-corrected chi connectivity index (χ2v) is 5.77. The van der Waals surface area contributed by atoms with Crippen LogP contribution in [0.4, 0.5) is 0 Å². The Morgan fingerprint density at radius 2 is 2.05 bits per heavy atom. The standard InChI is InChI=1S/C17H30N2O/c1-6-8-16(12-18-14(2)3)19(4)13-15-9-7-10-17(11-15)20-5/h7,9-11,14,16,18H,6,8,12-13H2,1-5H3. The lowest BCUT2D eigenvalue weighted by Crippen LogP contribution is -2.41. The third kappa shape index (κ3) is 5.93. The lowest BCUT2D eigenvalue weighted by atomic mass is 10.1. The Balaban J connectivity index is 2.61. The highest BCUT2D eigenvalue weighted by molar-refractivity contribution is 5.28. The number of ether oxygens (including phenoxy) is 1. The Labute approximate surface area is 124 Å². The van der Waals surface area contributed by atoms with Gasteiger partial charge >= 0.3 is 0 Å². The Hall–Kier alpha value is -1.06. The molecule has 3 nitrogen and oxygen atoms in total. The summed E-state index contributed by atoms with van der Waals surface area (Å²) in [6, 6.07) is 9.46. The Morgan fingerprint density at radius 3 is 2.65 bits per heavy atom. The molecule has 0 radical (unpaired) electrons. The van der Waals surface area contributed by atoms with Gasteiger partial charge in [0.15, 0.2) is 0 Å². The minimum absolute atomic E-state index is 0.541. The average molecular weight is 278 g/mol. The zero-order valence-corrected chi connectivity index (χ0v) is 13.6. The molecule has 0 saturated carbocycles. The Morgan fingerprint density at radius 1 is 1.30 bits per heavy atom. The van der Waals surface area contributed by atoms with E-state index in [1.54, 1.807) is 7.11 Å². The van der Waals surface area contributed by atoms with Crippen LogP contribution >= 0.6 is 0 Å². The molecule has 1 aromatic rings. The zero-order chi connectivity index (χ0) is 15.0. The molecule has 20 heavy (non-hydrogen) atoms. The summed E-state index contributed by atoms with van der Waals surface area (Å²) in [5.41, 5.74) is 1.30. The number of rotatable bonds is 9. The fraction of sp³-hybridized carbons (Fsp3) is 0.647. The third-order valence-corrected chi connectivity index (χ3v) is 3.57. The van der Waals surface area contributed by atoms with E-state index < -0.39 is 0 Å². The van der Waals surface area contributed by atoms with Gasteiger partial charge in [0.2, 0.25) is 0 Å². The van der Waals surface area contributed by atoms with Crippen LogP contribution < -0.4 is 10.1 Å². The lowest BCUT2D eigenvalue weighted by Gasteiger charge is -2.29. The molecule has 1 unspecified atom stereocenters. The monoisotopic (exact) mass is 278 g/mol. The first kappa shape index (κ1) is 17.0. The number of benzene rings is 1. The van der Waals surface area contributed by atoms with Gasteiger partial charge in [0.1, 0.15) is 5.75 Å². The van der Waals surface area contributed by atoms with E-state index in [4.69, 9.17) is 4.74 Å². The van der Waals surface area contributed by atoms with E-state index >= 15 is 0 Å². The molecule has 114 valence electrons. The summed E-state index contributed by atoms with van der Waals surface area (Å²) in [4.78, 5) is 2.44. The van der Waals surface area contributed by atoms with Crippen molar-refractivity contribution in [1.29, 1.82) is 0 Å². The maximum Gasteiger partial charge on any atom is 0.119 e. The second-order valence-electron chi connectivity index (χ2n) is 5.77. The van der Waals surface area contributed by atoms with Crippen LogP contribution in [0.2, 0.25) is 0 Å². The summed E-state index contributed by atoms with van der Waals surface area (Å²) >= 11 is 0. The summed E-state index contributed by atoms with van der Waals surface area (Å²) in [7, 11) is 3.93. The molecular weight excluding hydrogens is 248 g/mol. The van der Waals surface area contributed by atoms with Gasteiger partial charge in [0.05, 0.1) is 7.11 Å². The van der Waals surface area contributed by atoms with E-state index in [1.165, 1.54) is 18.4 Å². The van der Waals surface area contributed by atoms with Gasteiger partial charge in [-0.3, -0.25) is 4.90 Å². The first-order chi connectivity index (χ1) is 9.56. The van der Waals surface area contributed by atoms with Gasteiger partial charge in [-0.1, -0.05) is 39.3 Å². The van der Waals surface area contributed by atoms with E-state index in [0.717, 1.165) is 18.8 Å². The largest absolute Gasteiger partial charge is 0.497 e. The van der Waals surface area contributed by atoms with Crippen LogP contribution in [0.25, 0.3) is 0 Å². The predicted molar refractivity (Wildman–Crippen MR) is 86.3 cm³/mol. The predicted octanol–water partition coefficient (Wildman–Crippen LogP) is 3.29. The highest BCUT2D eigenvalue weighted by Crippen LogP contribution is 2.16. The highest BCUT2D eigenvalue weighted by Gasteiger charge is 2.14. The molecule has 0 amide bonds. The number of hydrogen-bond donors (Lipinski definition) is 1. The molecule has 0 aliphatic carbocycles. The van der Waals surface area contributed by atoms with Crippen molar-refractivity contribution in [2.24, 2.45) is 0 Å². The van der Waals surface area contributed by atoms with Gasteiger partial charge in [-0.2, -0.15) is 0 Å². The van der Waals surface area contributed by atoms with Crippen LogP contribution in [0.3, 0.4) is 0 Å². The van der Waals surface area contributed by atoms with Crippen molar-refractivity contribution in [2.75, 3.05) is 20.7 Å². The molecule has 0 aromatic heterocycles. The van der Waals surface area contributed by atoms with Crippen LogP contribution in [-0.2, 0) is 6.54 Å². The summed E-state index contributed by atoms with van der Waals surface area (Å²) in [5, 5.41) is 3.55. The molecule has 0 heterocycles. The molecule has 0 spiro atoms. The zero-order valence-electron chi connectivity index (χ0n) is 13.6. The summed E-state index contributed by atoms with van der Waals surface area (Å²) in [5.74, 6) is 0.934. The Bertz CT molecular complexity index is 379. The van der Waals surface area contributed by atoms with Crippen molar-refractivity contribution in [3.8, 4) is 5.75 Å². The van der Waals surface area contributed by atoms with Crippen LogP contribution in [0.15, 0.2) is 24.3 Å². The first-order valence-corrected chi connectivity index (χ1v) is 7.63. The maximum atomic E-state index is 5.29. The summed E-state index contributed by atoms with van der Waals surface area (Å²) < 4.78 is 5.29. The average Bonchev–Trinajstić information content (AvgIpc) is 2.43. The van der Waals surface area contributed by atoms with Gasteiger partial charge < -0.3 is 10.1 Å². The minimum atomic E-state index is 0.541. The van der Waals surface area contributed by atoms with E-state index in [-0.39, 0.29) is 0 Å². The molecule has 3 heteroatoms. The smallest absolute Gasteiger partial charge is 0.119 e. The number of methoxy groups -OCH3 is 1. The van der Waals surface area contributed by atoms with Gasteiger partial charge in [0, 0.05) is 25.2 Å². The topological polar surface area (TPSA) is 24.5 Å². The number of nitrogens with zero attached hydrogens (tertiary/aromatic N) is 1. The molecule has 1 aromatic carbocycles. The highest BCUT2D eigenvalue weighted by atomic mass is 16.5. The molecule has 0 aliphatic rings. The number of nitrogens with one attached hydrogen (secondary N) is 1. The molecular formula is C17H30N2O. The maximum absolute atomic E-state index is 5.29. The molecule has 1 rings (SSSR count). The molecule has 0 bridgehead atoms. The van der Waals surface area contributed by atoms with Crippen molar-refractivity contribution in [3.63, 3.8) is 0 Å². The van der Waals surface area contributed by atoms with Crippen molar-refractivity contribution in [3.05, 3.63) is 29.8 Å². The molecule has 1 N–H and O–H groups in total. The number of hydrogen-bond acceptors (Lipinski definition) is 3. The Kier molecular flexibility index (Phi) is 7.63. The summed E-state index contributed by atoms with van der Waals surface area (Å²) in [6.07, 6.45) is 2.44. The fourth-order valence-corrected chi connectivity index (χ4v) is 2.37. The van der Waals surface area contributed by atoms with Crippen molar-refractivity contribution < 1.29 is 4.74 Å².